The summed E-state index contributed by atoms with van der Waals surface area (Å²) >= 11 is 16.5. The van der Waals surface area contributed by atoms with Crippen LogP contribution in [0.3, 0.4) is 0 Å². The summed E-state index contributed by atoms with van der Waals surface area (Å²) in [6.45, 7) is 0. The second kappa shape index (κ2) is 3.57. The Morgan fingerprint density at radius 3 is 2.31 bits per heavy atom. The van der Waals surface area contributed by atoms with Crippen molar-refractivity contribution in [2.24, 2.45) is 0 Å². The Morgan fingerprint density at radius 1 is 1.31 bits per heavy atom. The van der Waals surface area contributed by atoms with Gasteiger partial charge in [-0.1, -0.05) is 34.8 Å². The lowest BCUT2D eigenvalue weighted by Gasteiger charge is -2.01. The zero-order chi connectivity index (χ0) is 10.2. The van der Waals surface area contributed by atoms with Gasteiger partial charge >= 0.3 is 5.69 Å². The maximum Gasteiger partial charge on any atom is 0.313 e. The Morgan fingerprint density at radius 2 is 1.85 bits per heavy atom. The standard InChI is InChI=1S/C6H2Cl3NO3/c7-2-1-3(10(12)13)6(11)5(9)4(2)8/h1,11H. The number of nitro benzene ring substituents is 1. The summed E-state index contributed by atoms with van der Waals surface area (Å²) in [5.41, 5.74) is -0.570. The zero-order valence-electron chi connectivity index (χ0n) is 5.92. The van der Waals surface area contributed by atoms with E-state index in [-0.39, 0.29) is 15.1 Å². The smallest absolute Gasteiger partial charge is 0.313 e. The fourth-order valence-electron chi connectivity index (χ4n) is 0.712. The lowest BCUT2D eigenvalue weighted by molar-refractivity contribution is -0.385. The van der Waals surface area contributed by atoms with Crippen LogP contribution in [0.1, 0.15) is 0 Å². The second-order valence-corrected chi connectivity index (χ2v) is 3.27. The molecule has 0 unspecified atom stereocenters. The molecule has 7 heteroatoms. The molecule has 0 radical (unpaired) electrons. The summed E-state index contributed by atoms with van der Waals surface area (Å²) in [6.07, 6.45) is 0. The van der Waals surface area contributed by atoms with E-state index in [1.54, 1.807) is 0 Å². The number of rotatable bonds is 1. The summed E-state index contributed by atoms with van der Waals surface area (Å²) in [7, 11) is 0. The Balaban J connectivity index is 3.50. The molecule has 0 saturated heterocycles. The minimum absolute atomic E-state index is 0.0730. The molecule has 70 valence electrons. The van der Waals surface area contributed by atoms with Crippen LogP contribution >= 0.6 is 34.8 Å². The molecular formula is C6H2Cl3NO3. The largest absolute Gasteiger partial charge is 0.501 e. The minimum atomic E-state index is -0.802. The van der Waals surface area contributed by atoms with Gasteiger partial charge in [0.25, 0.3) is 0 Å². The zero-order valence-corrected chi connectivity index (χ0v) is 8.19. The fraction of sp³-hybridized carbons (Fsp3) is 0. The maximum atomic E-state index is 10.3. The number of aromatic hydroxyl groups is 1. The topological polar surface area (TPSA) is 63.4 Å². The molecule has 0 saturated carbocycles. The van der Waals surface area contributed by atoms with Gasteiger partial charge in [0.05, 0.1) is 15.0 Å². The van der Waals surface area contributed by atoms with Crippen LogP contribution in [-0.4, -0.2) is 10.0 Å². The van der Waals surface area contributed by atoms with Crippen molar-refractivity contribution in [1.82, 2.24) is 0 Å². The van der Waals surface area contributed by atoms with Crippen molar-refractivity contribution in [3.8, 4) is 5.75 Å². The van der Waals surface area contributed by atoms with Crippen LogP contribution in [0.5, 0.6) is 5.75 Å². The van der Waals surface area contributed by atoms with E-state index in [4.69, 9.17) is 39.9 Å². The third-order valence-corrected chi connectivity index (χ3v) is 2.57. The molecule has 0 aromatic heterocycles. The van der Waals surface area contributed by atoms with Crippen molar-refractivity contribution in [1.29, 1.82) is 0 Å². The summed E-state index contributed by atoms with van der Waals surface area (Å²) < 4.78 is 0. The molecule has 0 aliphatic carbocycles. The van der Waals surface area contributed by atoms with Crippen LogP contribution in [0.4, 0.5) is 5.69 Å². The van der Waals surface area contributed by atoms with Crippen LogP contribution in [0.2, 0.25) is 15.1 Å². The Kier molecular flexibility index (Phi) is 2.85. The van der Waals surface area contributed by atoms with Crippen molar-refractivity contribution >= 4 is 40.5 Å². The van der Waals surface area contributed by atoms with Gasteiger partial charge in [-0.25, -0.2) is 0 Å². The summed E-state index contributed by atoms with van der Waals surface area (Å²) in [6, 6.07) is 0.936. The molecule has 0 spiro atoms. The van der Waals surface area contributed by atoms with Crippen LogP contribution < -0.4 is 0 Å². The first-order valence-corrected chi connectivity index (χ1v) is 4.09. The molecule has 1 aromatic rings. The van der Waals surface area contributed by atoms with Gasteiger partial charge in [-0.2, -0.15) is 0 Å². The molecule has 1 rings (SSSR count). The molecule has 0 amide bonds. The molecule has 0 heterocycles. The Bertz CT molecular complexity index is 380. The first-order valence-electron chi connectivity index (χ1n) is 2.96. The minimum Gasteiger partial charge on any atom is -0.501 e. The molecule has 0 aliphatic heterocycles. The summed E-state index contributed by atoms with van der Waals surface area (Å²) in [5, 5.41) is 19.0. The fourth-order valence-corrected chi connectivity index (χ4v) is 1.30. The quantitative estimate of drug-likeness (QED) is 0.467. The predicted octanol–water partition coefficient (Wildman–Crippen LogP) is 3.26. The Hall–Kier alpha value is -0.710. The number of nitrogens with zero attached hydrogens (tertiary/aromatic N) is 1. The average molecular weight is 242 g/mol. The lowest BCUT2D eigenvalue weighted by Crippen LogP contribution is -1.89. The Labute approximate surface area is 87.8 Å². The van der Waals surface area contributed by atoms with Gasteiger partial charge in [0.15, 0.2) is 0 Å². The van der Waals surface area contributed by atoms with Crippen molar-refractivity contribution < 1.29 is 10.0 Å². The van der Waals surface area contributed by atoms with Gasteiger partial charge in [-0.05, 0) is 0 Å². The number of hydrogen-bond acceptors (Lipinski definition) is 3. The van der Waals surface area contributed by atoms with Crippen molar-refractivity contribution in [2.75, 3.05) is 0 Å². The van der Waals surface area contributed by atoms with E-state index < -0.39 is 16.4 Å². The van der Waals surface area contributed by atoms with Crippen molar-refractivity contribution in [3.05, 3.63) is 31.2 Å². The van der Waals surface area contributed by atoms with Crippen LogP contribution in [0.15, 0.2) is 6.07 Å². The van der Waals surface area contributed by atoms with Gasteiger partial charge in [0, 0.05) is 6.07 Å². The molecule has 0 atom stereocenters. The molecule has 4 nitrogen and oxygen atoms in total. The molecule has 1 aromatic carbocycles. The van der Waals surface area contributed by atoms with E-state index >= 15 is 0 Å². The average Bonchev–Trinajstić information content (AvgIpc) is 2.07. The number of phenolic OH excluding ortho intramolecular Hbond substituents is 1. The van der Waals surface area contributed by atoms with E-state index in [0.717, 1.165) is 6.07 Å². The highest BCUT2D eigenvalue weighted by molar-refractivity contribution is 6.48. The third-order valence-electron chi connectivity index (χ3n) is 1.31. The highest BCUT2D eigenvalue weighted by Gasteiger charge is 2.21. The monoisotopic (exact) mass is 241 g/mol. The highest BCUT2D eigenvalue weighted by Crippen LogP contribution is 2.42. The van der Waals surface area contributed by atoms with Gasteiger partial charge < -0.3 is 5.11 Å². The highest BCUT2D eigenvalue weighted by atomic mass is 35.5. The first-order chi connectivity index (χ1) is 5.95. The van der Waals surface area contributed by atoms with E-state index in [0.29, 0.717) is 0 Å². The number of halogens is 3. The van der Waals surface area contributed by atoms with Crippen molar-refractivity contribution in [3.63, 3.8) is 0 Å². The number of phenols is 1. The van der Waals surface area contributed by atoms with Gasteiger partial charge in [-0.3, -0.25) is 10.1 Å². The van der Waals surface area contributed by atoms with E-state index in [9.17, 15) is 10.1 Å². The summed E-state index contributed by atoms with van der Waals surface area (Å²) in [5.74, 6) is -0.680. The third kappa shape index (κ3) is 1.80. The predicted molar refractivity (Wildman–Crippen MR) is 49.8 cm³/mol. The maximum absolute atomic E-state index is 10.3. The van der Waals surface area contributed by atoms with Crippen molar-refractivity contribution in [2.45, 2.75) is 0 Å². The lowest BCUT2D eigenvalue weighted by atomic mass is 10.3. The van der Waals surface area contributed by atoms with Gasteiger partial charge in [-0.15, -0.1) is 0 Å². The normalized spacial score (nSPS) is 10.1. The number of hydrogen-bond donors (Lipinski definition) is 1. The number of nitro groups is 1. The summed E-state index contributed by atoms with van der Waals surface area (Å²) in [4.78, 5) is 9.52. The molecule has 13 heavy (non-hydrogen) atoms. The van der Waals surface area contributed by atoms with Crippen LogP contribution in [-0.2, 0) is 0 Å². The molecule has 1 N–H and O–H groups in total. The van der Waals surface area contributed by atoms with Crippen LogP contribution in [0, 0.1) is 10.1 Å². The van der Waals surface area contributed by atoms with E-state index in [1.165, 1.54) is 0 Å². The second-order valence-electron chi connectivity index (χ2n) is 2.11. The van der Waals surface area contributed by atoms with Gasteiger partial charge in [0.2, 0.25) is 5.75 Å². The first kappa shape index (κ1) is 10.4. The molecule has 0 fully saturated rings. The van der Waals surface area contributed by atoms with E-state index in [1.807, 2.05) is 0 Å². The SMILES string of the molecule is O=[N+]([O-])c1cc(Cl)c(Cl)c(Cl)c1O. The number of benzene rings is 1. The molecular weight excluding hydrogens is 240 g/mol. The molecule has 0 aliphatic rings. The van der Waals surface area contributed by atoms with E-state index in [2.05, 4.69) is 0 Å². The van der Waals surface area contributed by atoms with Crippen LogP contribution in [0.25, 0.3) is 0 Å². The molecule has 0 bridgehead atoms. The van der Waals surface area contributed by atoms with Gasteiger partial charge in [0.1, 0.15) is 5.02 Å².